The molecular weight excluding hydrogens is 1140 g/mol. The standard InChI is InChI=1S/3C22H25F2NO4/c3*23-15-3-7-19-13(9-15)1-5-21(28-19)17(26)11-25-12-18(27)22-6-2-14-10-16(24)4-8-20(14)29-22/h3*3-4,7-10,17-18,21-22,25-27H,1-2,5-6,11-12H2/t17-,18+,21+,22-;2*17-,18-,21+,22+/m.10/s1. The molecule has 21 heteroatoms. The van der Waals surface area contributed by atoms with Crippen molar-refractivity contribution in [2.24, 2.45) is 0 Å². The van der Waals surface area contributed by atoms with E-state index in [1.54, 1.807) is 36.4 Å². The fourth-order valence-corrected chi connectivity index (χ4v) is 11.8. The first-order valence-corrected chi connectivity index (χ1v) is 29.9. The third kappa shape index (κ3) is 16.9. The lowest BCUT2D eigenvalue weighted by Crippen LogP contribution is -2.46. The SMILES string of the molecule is O[C@@H](CNC[C@H](O)[C@H]1CCc2cc(F)ccc2O1)[C@H]1CCc2cc(F)ccc2O1.O[C@H](CNC[C@@H](O)[C@@H]1CCc2cc(F)ccc2O1)[C@@H]1CCc2cc(F)ccc2O1.O[C@H](CNC[C@H](O)[C@H]1CCc2cc(F)ccc2O1)[C@@H]1CCc2cc(F)ccc2O1. The summed E-state index contributed by atoms with van der Waals surface area (Å²) in [6, 6.07) is 26.4. The highest BCUT2D eigenvalue weighted by Crippen LogP contribution is 2.35. The predicted octanol–water partition coefficient (Wildman–Crippen LogP) is 7.09. The van der Waals surface area contributed by atoms with Gasteiger partial charge in [0.2, 0.25) is 0 Å². The molecule has 0 unspecified atom stereocenters. The number of aliphatic hydroxyl groups is 6. The molecule has 12 rings (SSSR count). The second kappa shape index (κ2) is 29.6. The van der Waals surface area contributed by atoms with Crippen LogP contribution in [0.15, 0.2) is 109 Å². The highest BCUT2D eigenvalue weighted by molar-refractivity contribution is 5.40. The number of benzene rings is 6. The van der Waals surface area contributed by atoms with Gasteiger partial charge >= 0.3 is 0 Å². The van der Waals surface area contributed by atoms with Gasteiger partial charge in [-0.1, -0.05) is 0 Å². The molecule has 0 saturated carbocycles. The zero-order valence-electron chi connectivity index (χ0n) is 47.9. The van der Waals surface area contributed by atoms with Crippen LogP contribution in [0, 0.1) is 34.9 Å². The molecule has 15 nitrogen and oxygen atoms in total. The first-order chi connectivity index (χ1) is 42.0. The van der Waals surface area contributed by atoms with E-state index < -0.39 is 36.6 Å². The lowest BCUT2D eigenvalue weighted by molar-refractivity contribution is 0.00889. The van der Waals surface area contributed by atoms with Crippen molar-refractivity contribution in [1.29, 1.82) is 0 Å². The topological polar surface area (TPSA) is 213 Å². The van der Waals surface area contributed by atoms with E-state index in [-0.39, 0.29) is 111 Å². The fraction of sp³-hybridized carbons (Fsp3) is 0.455. The minimum absolute atomic E-state index is 0.257. The zero-order valence-corrected chi connectivity index (χ0v) is 47.9. The molecule has 6 aliphatic rings. The summed E-state index contributed by atoms with van der Waals surface area (Å²) < 4.78 is 114. The van der Waals surface area contributed by atoms with Gasteiger partial charge < -0.3 is 75.0 Å². The van der Waals surface area contributed by atoms with E-state index in [2.05, 4.69) is 16.0 Å². The Morgan fingerprint density at radius 3 is 0.575 bits per heavy atom. The Kier molecular flexibility index (Phi) is 21.5. The lowest BCUT2D eigenvalue weighted by atomic mass is 9.98. The molecule has 6 aromatic carbocycles. The van der Waals surface area contributed by atoms with Crippen LogP contribution >= 0.6 is 0 Å². The molecule has 9 N–H and O–H groups in total. The Morgan fingerprint density at radius 2 is 0.425 bits per heavy atom. The normalized spacial score (nSPS) is 22.6. The molecule has 0 fully saturated rings. The quantitative estimate of drug-likeness (QED) is 0.0393. The maximum atomic E-state index is 13.3. The summed E-state index contributed by atoms with van der Waals surface area (Å²) in [4.78, 5) is 0. The van der Waals surface area contributed by atoms with Crippen LogP contribution in [0.5, 0.6) is 34.5 Å². The number of hydrogen-bond acceptors (Lipinski definition) is 15. The van der Waals surface area contributed by atoms with Crippen molar-refractivity contribution in [2.45, 2.75) is 150 Å². The van der Waals surface area contributed by atoms with Crippen LogP contribution in [0.3, 0.4) is 0 Å². The third-order valence-electron chi connectivity index (χ3n) is 16.7. The first kappa shape index (κ1) is 63.4. The molecule has 0 amide bonds. The summed E-state index contributed by atoms with van der Waals surface area (Å²) in [7, 11) is 0. The Balaban J connectivity index is 0.000000144. The molecule has 12 atom stereocenters. The van der Waals surface area contributed by atoms with Crippen molar-refractivity contribution in [3.8, 4) is 34.5 Å². The molecule has 6 aromatic rings. The minimum atomic E-state index is -0.753. The van der Waals surface area contributed by atoms with E-state index in [1.165, 1.54) is 72.8 Å². The summed E-state index contributed by atoms with van der Waals surface area (Å²) in [5.41, 5.74) is 4.87. The predicted molar refractivity (Wildman–Crippen MR) is 309 cm³/mol. The van der Waals surface area contributed by atoms with Crippen molar-refractivity contribution in [1.82, 2.24) is 16.0 Å². The zero-order chi connectivity index (χ0) is 61.1. The van der Waals surface area contributed by atoms with E-state index >= 15 is 0 Å². The highest BCUT2D eigenvalue weighted by Gasteiger charge is 2.33. The summed E-state index contributed by atoms with van der Waals surface area (Å²) in [5, 5.41) is 71.7. The monoisotopic (exact) mass is 1220 g/mol. The molecule has 6 aliphatic heterocycles. The van der Waals surface area contributed by atoms with E-state index in [4.69, 9.17) is 28.4 Å². The van der Waals surface area contributed by atoms with Gasteiger partial charge in [-0.15, -0.1) is 0 Å². The lowest BCUT2D eigenvalue weighted by Gasteiger charge is -2.31. The van der Waals surface area contributed by atoms with Gasteiger partial charge in [-0.05, 0) is 220 Å². The van der Waals surface area contributed by atoms with Crippen LogP contribution < -0.4 is 44.4 Å². The molecule has 0 radical (unpaired) electrons. The van der Waals surface area contributed by atoms with Crippen LogP contribution in [0.2, 0.25) is 0 Å². The average molecular weight is 1220 g/mol. The van der Waals surface area contributed by atoms with Crippen LogP contribution in [0.25, 0.3) is 0 Å². The third-order valence-corrected chi connectivity index (χ3v) is 16.7. The molecule has 0 aliphatic carbocycles. The number of fused-ring (bicyclic) bond motifs is 6. The van der Waals surface area contributed by atoms with Crippen molar-refractivity contribution < 1.29 is 85.4 Å². The molecular formula is C66H75F6N3O12. The maximum absolute atomic E-state index is 13.3. The van der Waals surface area contributed by atoms with Gasteiger partial charge in [0.25, 0.3) is 0 Å². The molecule has 0 aromatic heterocycles. The Morgan fingerprint density at radius 1 is 0.276 bits per heavy atom. The second-order valence-electron chi connectivity index (χ2n) is 23.1. The fourth-order valence-electron chi connectivity index (χ4n) is 11.8. The van der Waals surface area contributed by atoms with Crippen LogP contribution in [-0.2, 0) is 38.5 Å². The van der Waals surface area contributed by atoms with Crippen molar-refractivity contribution in [3.05, 3.63) is 177 Å². The summed E-state index contributed by atoms with van der Waals surface area (Å²) >= 11 is 0. The summed E-state index contributed by atoms with van der Waals surface area (Å²) in [6.07, 6.45) is 0.642. The smallest absolute Gasteiger partial charge is 0.126 e. The van der Waals surface area contributed by atoms with Crippen LogP contribution in [0.1, 0.15) is 71.9 Å². The van der Waals surface area contributed by atoms with Gasteiger partial charge in [0, 0.05) is 39.3 Å². The summed E-state index contributed by atoms with van der Waals surface area (Å²) in [5.74, 6) is 1.87. The average Bonchev–Trinajstić information content (AvgIpc) is 3.60. The van der Waals surface area contributed by atoms with Gasteiger partial charge in [-0.3, -0.25) is 0 Å². The van der Waals surface area contributed by atoms with Crippen molar-refractivity contribution in [2.75, 3.05) is 39.3 Å². The van der Waals surface area contributed by atoms with Gasteiger partial charge in [0.05, 0.1) is 0 Å². The molecule has 87 heavy (non-hydrogen) atoms. The van der Waals surface area contributed by atoms with Gasteiger partial charge in [0.15, 0.2) is 0 Å². The number of rotatable bonds is 18. The second-order valence-corrected chi connectivity index (χ2v) is 23.1. The Hall–Kier alpha value is -6.66. The Bertz CT molecular complexity index is 2710. The molecule has 6 heterocycles. The number of hydrogen-bond donors (Lipinski definition) is 9. The molecule has 0 spiro atoms. The number of ether oxygens (including phenoxy) is 6. The van der Waals surface area contributed by atoms with Gasteiger partial charge in [-0.25, -0.2) is 26.3 Å². The molecule has 468 valence electrons. The number of aliphatic hydroxyl groups excluding tert-OH is 6. The number of nitrogens with one attached hydrogen (secondary N) is 3. The minimum Gasteiger partial charge on any atom is -0.487 e. The van der Waals surface area contributed by atoms with Crippen molar-refractivity contribution >= 4 is 0 Å². The Labute approximate surface area is 501 Å². The van der Waals surface area contributed by atoms with E-state index in [9.17, 15) is 57.0 Å². The van der Waals surface area contributed by atoms with Gasteiger partial charge in [0.1, 0.15) is 143 Å². The largest absolute Gasteiger partial charge is 0.487 e. The van der Waals surface area contributed by atoms with Crippen LogP contribution in [-0.4, -0.2) is 143 Å². The molecule has 0 saturated heterocycles. The first-order valence-electron chi connectivity index (χ1n) is 29.9. The van der Waals surface area contributed by atoms with Crippen LogP contribution in [0.4, 0.5) is 26.3 Å². The maximum Gasteiger partial charge on any atom is 0.126 e. The van der Waals surface area contributed by atoms with Gasteiger partial charge in [-0.2, -0.15) is 0 Å². The number of halogens is 6. The van der Waals surface area contributed by atoms with Crippen molar-refractivity contribution in [3.63, 3.8) is 0 Å². The van der Waals surface area contributed by atoms with E-state index in [1.807, 2.05) is 0 Å². The summed E-state index contributed by atoms with van der Waals surface area (Å²) in [6.45, 7) is 1.54. The van der Waals surface area contributed by atoms with E-state index in [0.29, 0.717) is 112 Å². The molecule has 0 bridgehead atoms. The van der Waals surface area contributed by atoms with E-state index in [0.717, 1.165) is 33.4 Å². The number of aryl methyl sites for hydroxylation is 6. The highest BCUT2D eigenvalue weighted by atomic mass is 19.1.